The fraction of sp³-hybridized carbons (Fsp3) is 0.333. The molecule has 1 aliphatic heterocycles. The predicted molar refractivity (Wildman–Crippen MR) is 67.9 cm³/mol. The lowest BCUT2D eigenvalue weighted by Crippen LogP contribution is -2.40. The molecule has 0 bridgehead atoms. The number of benzene rings is 1. The zero-order valence-corrected chi connectivity index (χ0v) is 10.4. The molecule has 0 atom stereocenters. The zero-order chi connectivity index (χ0) is 13.0. The summed E-state index contributed by atoms with van der Waals surface area (Å²) in [4.78, 5) is 24.3. The summed E-state index contributed by atoms with van der Waals surface area (Å²) in [6, 6.07) is 4.83. The van der Waals surface area contributed by atoms with E-state index in [1.807, 2.05) is 0 Å². The Kier molecular flexibility index (Phi) is 4.17. The summed E-state index contributed by atoms with van der Waals surface area (Å²) >= 11 is 5.90. The Hall–Kier alpha value is -1.59. The highest BCUT2D eigenvalue weighted by atomic mass is 35.5. The molecule has 1 aromatic rings. The quantitative estimate of drug-likeness (QED) is 0.843. The van der Waals surface area contributed by atoms with Gasteiger partial charge in [0.25, 0.3) is 5.91 Å². The van der Waals surface area contributed by atoms with E-state index >= 15 is 0 Å². The highest BCUT2D eigenvalue weighted by Gasteiger charge is 2.19. The Morgan fingerprint density at radius 1 is 1.39 bits per heavy atom. The fourth-order valence-corrected chi connectivity index (χ4v) is 1.95. The maximum atomic E-state index is 12.2. The number of nitrogens with one attached hydrogen (secondary N) is 1. The van der Waals surface area contributed by atoms with Gasteiger partial charge in [0.2, 0.25) is 6.41 Å². The lowest BCUT2D eigenvalue weighted by atomic mass is 10.1. The van der Waals surface area contributed by atoms with Crippen molar-refractivity contribution in [1.29, 1.82) is 0 Å². The number of hydrogen-bond donors (Lipinski definition) is 1. The number of anilines is 1. The second kappa shape index (κ2) is 5.84. The summed E-state index contributed by atoms with van der Waals surface area (Å²) < 4.78 is 5.19. The Labute approximate surface area is 110 Å². The minimum absolute atomic E-state index is 0.0797. The number of carbonyl (C=O) groups is 2. The number of nitrogens with zero attached hydrogens (tertiary/aromatic N) is 1. The van der Waals surface area contributed by atoms with Crippen molar-refractivity contribution in [2.75, 3.05) is 31.6 Å². The molecule has 6 heteroatoms. The van der Waals surface area contributed by atoms with E-state index in [-0.39, 0.29) is 5.91 Å². The molecule has 1 saturated heterocycles. The van der Waals surface area contributed by atoms with Gasteiger partial charge in [0, 0.05) is 18.7 Å². The van der Waals surface area contributed by atoms with Gasteiger partial charge in [-0.15, -0.1) is 0 Å². The molecule has 1 heterocycles. The molecular weight excluding hydrogens is 256 g/mol. The third-order valence-electron chi connectivity index (χ3n) is 2.73. The highest BCUT2D eigenvalue weighted by Crippen LogP contribution is 2.23. The van der Waals surface area contributed by atoms with Crippen LogP contribution < -0.4 is 5.32 Å². The van der Waals surface area contributed by atoms with Crippen LogP contribution in [0.1, 0.15) is 10.4 Å². The number of ether oxygens (including phenoxy) is 1. The summed E-state index contributed by atoms with van der Waals surface area (Å²) in [7, 11) is 0. The first-order chi connectivity index (χ1) is 8.72. The van der Waals surface area contributed by atoms with Crippen molar-refractivity contribution in [3.8, 4) is 0 Å². The summed E-state index contributed by atoms with van der Waals surface area (Å²) in [6.07, 6.45) is 0.532. The summed E-state index contributed by atoms with van der Waals surface area (Å²) in [5.74, 6) is -0.0797. The molecular formula is C12H13ClN2O3. The molecule has 2 rings (SSSR count). The van der Waals surface area contributed by atoms with Gasteiger partial charge >= 0.3 is 0 Å². The summed E-state index contributed by atoms with van der Waals surface area (Å²) in [5, 5.41) is 2.87. The number of rotatable bonds is 3. The minimum atomic E-state index is -0.0797. The fourth-order valence-electron chi connectivity index (χ4n) is 1.78. The van der Waals surface area contributed by atoms with Crippen molar-refractivity contribution in [3.63, 3.8) is 0 Å². The van der Waals surface area contributed by atoms with Crippen LogP contribution in [0.2, 0.25) is 5.02 Å². The van der Waals surface area contributed by atoms with E-state index < -0.39 is 0 Å². The van der Waals surface area contributed by atoms with Crippen LogP contribution in [0, 0.1) is 0 Å². The maximum Gasteiger partial charge on any atom is 0.254 e. The van der Waals surface area contributed by atoms with E-state index in [4.69, 9.17) is 16.3 Å². The summed E-state index contributed by atoms with van der Waals surface area (Å²) in [5.41, 5.74) is 0.941. The minimum Gasteiger partial charge on any atom is -0.378 e. The van der Waals surface area contributed by atoms with Gasteiger partial charge in [0.1, 0.15) is 0 Å². The molecule has 1 aliphatic rings. The second-order valence-electron chi connectivity index (χ2n) is 3.86. The van der Waals surface area contributed by atoms with Crippen molar-refractivity contribution in [3.05, 3.63) is 28.8 Å². The van der Waals surface area contributed by atoms with E-state index in [9.17, 15) is 9.59 Å². The Bertz CT molecular complexity index is 459. The van der Waals surface area contributed by atoms with Gasteiger partial charge in [-0.2, -0.15) is 0 Å². The number of carbonyl (C=O) groups excluding carboxylic acids is 2. The van der Waals surface area contributed by atoms with Crippen molar-refractivity contribution in [2.24, 2.45) is 0 Å². The van der Waals surface area contributed by atoms with Gasteiger partial charge in [-0.1, -0.05) is 11.6 Å². The monoisotopic (exact) mass is 268 g/mol. The van der Waals surface area contributed by atoms with Crippen LogP contribution in [0.3, 0.4) is 0 Å². The number of amides is 2. The van der Waals surface area contributed by atoms with Crippen LogP contribution in [-0.4, -0.2) is 43.5 Å². The molecule has 0 spiro atoms. The maximum absolute atomic E-state index is 12.2. The molecule has 1 N–H and O–H groups in total. The van der Waals surface area contributed by atoms with Crippen molar-refractivity contribution in [1.82, 2.24) is 4.90 Å². The van der Waals surface area contributed by atoms with Crippen molar-refractivity contribution < 1.29 is 14.3 Å². The van der Waals surface area contributed by atoms with Crippen LogP contribution >= 0.6 is 11.6 Å². The molecule has 1 aromatic carbocycles. The van der Waals surface area contributed by atoms with Crippen LogP contribution in [0.25, 0.3) is 0 Å². The average molecular weight is 269 g/mol. The number of hydrogen-bond acceptors (Lipinski definition) is 3. The van der Waals surface area contributed by atoms with Gasteiger partial charge in [0.05, 0.1) is 23.9 Å². The SMILES string of the molecule is O=CNc1cc(C(=O)N2CCOCC2)ccc1Cl. The Balaban J connectivity index is 2.18. The molecule has 0 saturated carbocycles. The molecule has 18 heavy (non-hydrogen) atoms. The number of morpholine rings is 1. The van der Waals surface area contributed by atoms with E-state index in [1.165, 1.54) is 0 Å². The van der Waals surface area contributed by atoms with E-state index in [0.717, 1.165) is 0 Å². The normalized spacial score (nSPS) is 15.3. The van der Waals surface area contributed by atoms with Crippen molar-refractivity contribution in [2.45, 2.75) is 0 Å². The molecule has 5 nitrogen and oxygen atoms in total. The van der Waals surface area contributed by atoms with Gasteiger partial charge < -0.3 is 15.0 Å². The molecule has 1 fully saturated rings. The smallest absolute Gasteiger partial charge is 0.254 e. The average Bonchev–Trinajstić information content (AvgIpc) is 2.42. The lowest BCUT2D eigenvalue weighted by Gasteiger charge is -2.27. The Morgan fingerprint density at radius 2 is 2.11 bits per heavy atom. The second-order valence-corrected chi connectivity index (χ2v) is 4.27. The van der Waals surface area contributed by atoms with E-state index in [0.29, 0.717) is 49.0 Å². The van der Waals surface area contributed by atoms with E-state index in [1.54, 1.807) is 23.1 Å². The zero-order valence-electron chi connectivity index (χ0n) is 9.69. The van der Waals surface area contributed by atoms with Crippen molar-refractivity contribution >= 4 is 29.6 Å². The third-order valence-corrected chi connectivity index (χ3v) is 3.06. The van der Waals surface area contributed by atoms with Crippen LogP contribution in [0.15, 0.2) is 18.2 Å². The topological polar surface area (TPSA) is 58.6 Å². The molecule has 0 unspecified atom stereocenters. The lowest BCUT2D eigenvalue weighted by molar-refractivity contribution is -0.105. The van der Waals surface area contributed by atoms with E-state index in [2.05, 4.69) is 5.32 Å². The van der Waals surface area contributed by atoms with Crippen LogP contribution in [0.5, 0.6) is 0 Å². The first-order valence-electron chi connectivity index (χ1n) is 5.59. The first kappa shape index (κ1) is 12.9. The van der Waals surface area contributed by atoms with Gasteiger partial charge in [-0.3, -0.25) is 9.59 Å². The van der Waals surface area contributed by atoms with Gasteiger partial charge in [0.15, 0.2) is 0 Å². The predicted octanol–water partition coefficient (Wildman–Crippen LogP) is 1.38. The standard InChI is InChI=1S/C12H13ClN2O3/c13-10-2-1-9(7-11(10)14-8-16)12(17)15-3-5-18-6-4-15/h1-2,7-8H,3-6H2,(H,14,16). The van der Waals surface area contributed by atoms with Crippen LogP contribution in [-0.2, 0) is 9.53 Å². The molecule has 96 valence electrons. The molecule has 0 aliphatic carbocycles. The molecule has 0 aromatic heterocycles. The highest BCUT2D eigenvalue weighted by molar-refractivity contribution is 6.33. The third kappa shape index (κ3) is 2.80. The van der Waals surface area contributed by atoms with Crippen LogP contribution in [0.4, 0.5) is 5.69 Å². The first-order valence-corrected chi connectivity index (χ1v) is 5.97. The molecule has 0 radical (unpaired) electrons. The van der Waals surface area contributed by atoms with Gasteiger partial charge in [-0.05, 0) is 18.2 Å². The Morgan fingerprint density at radius 3 is 2.78 bits per heavy atom. The largest absolute Gasteiger partial charge is 0.378 e. The summed E-state index contributed by atoms with van der Waals surface area (Å²) in [6.45, 7) is 2.27. The molecule has 2 amide bonds. The van der Waals surface area contributed by atoms with Gasteiger partial charge in [-0.25, -0.2) is 0 Å². The number of halogens is 1.